The Morgan fingerprint density at radius 3 is 2.77 bits per heavy atom. The van der Waals surface area contributed by atoms with Gasteiger partial charge in [-0.3, -0.25) is 5.32 Å². The Balaban J connectivity index is 1.42. The van der Waals surface area contributed by atoms with Gasteiger partial charge in [0.2, 0.25) is 5.75 Å². The van der Waals surface area contributed by atoms with Crippen LogP contribution in [0.25, 0.3) is 0 Å². The van der Waals surface area contributed by atoms with Crippen molar-refractivity contribution >= 4 is 34.9 Å². The molecule has 1 aliphatic heterocycles. The van der Waals surface area contributed by atoms with E-state index in [1.807, 2.05) is 20.8 Å². The number of anilines is 5. The Labute approximate surface area is 178 Å². The van der Waals surface area contributed by atoms with Gasteiger partial charge < -0.3 is 30.3 Å². The van der Waals surface area contributed by atoms with Crippen molar-refractivity contribution in [2.75, 3.05) is 34.4 Å². The number of carbonyl (C=O) groups is 1. The molecule has 11 heteroatoms. The molecule has 5 N–H and O–H groups in total. The zero-order valence-corrected chi connectivity index (χ0v) is 17.3. The molecule has 1 aromatic carbocycles. The van der Waals surface area contributed by atoms with Gasteiger partial charge in [-0.25, -0.2) is 14.8 Å². The molecular formula is C20H23N7O4. The number of fused-ring (bicyclic) bond motifs is 1. The van der Waals surface area contributed by atoms with Gasteiger partial charge in [0, 0.05) is 23.2 Å². The van der Waals surface area contributed by atoms with Crippen LogP contribution in [0.5, 0.6) is 11.5 Å². The maximum absolute atomic E-state index is 12.2. The predicted octanol–water partition coefficient (Wildman–Crippen LogP) is 3.66. The summed E-state index contributed by atoms with van der Waals surface area (Å²) in [5.74, 6) is 2.36. The number of nitrogens with zero attached hydrogens (tertiary/aromatic N) is 3. The predicted molar refractivity (Wildman–Crippen MR) is 115 cm³/mol. The lowest BCUT2D eigenvalue weighted by Gasteiger charge is -2.20. The molecule has 11 nitrogen and oxygen atoms in total. The second-order valence-electron chi connectivity index (χ2n) is 7.94. The first-order valence-electron chi connectivity index (χ1n) is 9.66. The normalized spacial score (nSPS) is 12.9. The summed E-state index contributed by atoms with van der Waals surface area (Å²) in [5.41, 5.74) is 0.567. The van der Waals surface area contributed by atoms with Gasteiger partial charge in [-0.15, -0.1) is 0 Å². The van der Waals surface area contributed by atoms with Crippen molar-refractivity contribution in [2.24, 2.45) is 0 Å². The summed E-state index contributed by atoms with van der Waals surface area (Å²) < 4.78 is 10.9. The molecule has 0 aliphatic carbocycles. The summed E-state index contributed by atoms with van der Waals surface area (Å²) >= 11 is 0. The Morgan fingerprint density at radius 2 is 2.03 bits per heavy atom. The minimum atomic E-state index is -0.516. The third-order valence-corrected chi connectivity index (χ3v) is 4.44. The largest absolute Gasteiger partial charge is 0.506 e. The van der Waals surface area contributed by atoms with Crippen LogP contribution in [-0.4, -0.2) is 39.4 Å². The lowest BCUT2D eigenvalue weighted by atomic mass is 9.93. The van der Waals surface area contributed by atoms with Crippen molar-refractivity contribution in [2.45, 2.75) is 26.2 Å². The number of aromatic nitrogens is 3. The van der Waals surface area contributed by atoms with Crippen molar-refractivity contribution in [3.63, 3.8) is 0 Å². The molecule has 162 valence electrons. The van der Waals surface area contributed by atoms with Crippen molar-refractivity contribution < 1.29 is 19.2 Å². The summed E-state index contributed by atoms with van der Waals surface area (Å²) in [6, 6.07) is 5.82. The average molecular weight is 425 g/mol. The topological polar surface area (TPSA) is 146 Å². The molecule has 1 aliphatic rings. The number of amides is 2. The fraction of sp³-hybridized carbons (Fsp3) is 0.300. The number of ether oxygens (including phenoxy) is 1. The number of nitrogens with one attached hydrogen (secondary N) is 4. The summed E-state index contributed by atoms with van der Waals surface area (Å²) in [4.78, 5) is 20.5. The molecule has 2 aromatic heterocycles. The highest BCUT2D eigenvalue weighted by atomic mass is 16.5. The van der Waals surface area contributed by atoms with Crippen LogP contribution in [0, 0.1) is 0 Å². The van der Waals surface area contributed by atoms with E-state index in [1.54, 1.807) is 18.2 Å². The van der Waals surface area contributed by atoms with Crippen LogP contribution in [0.2, 0.25) is 0 Å². The van der Waals surface area contributed by atoms with Gasteiger partial charge in [-0.05, 0) is 12.1 Å². The fourth-order valence-electron chi connectivity index (χ4n) is 2.86. The summed E-state index contributed by atoms with van der Waals surface area (Å²) in [6.45, 7) is 7.09. The van der Waals surface area contributed by atoms with Gasteiger partial charge in [0.25, 0.3) is 0 Å². The Hall–Kier alpha value is -4.02. The van der Waals surface area contributed by atoms with Gasteiger partial charge in [0.05, 0.1) is 12.2 Å². The molecule has 0 bridgehead atoms. The highest BCUT2D eigenvalue weighted by Gasteiger charge is 2.21. The van der Waals surface area contributed by atoms with Crippen LogP contribution in [0.1, 0.15) is 26.5 Å². The third kappa shape index (κ3) is 4.60. The molecule has 3 heterocycles. The van der Waals surface area contributed by atoms with Gasteiger partial charge in [0.1, 0.15) is 24.4 Å². The maximum Gasteiger partial charge on any atom is 0.324 e. The molecule has 3 aromatic rings. The van der Waals surface area contributed by atoms with Crippen LogP contribution in [-0.2, 0) is 5.41 Å². The molecule has 4 rings (SSSR count). The van der Waals surface area contributed by atoms with Gasteiger partial charge in [0.15, 0.2) is 17.5 Å². The van der Waals surface area contributed by atoms with Crippen LogP contribution in [0.4, 0.5) is 33.6 Å². The molecule has 0 fully saturated rings. The number of benzene rings is 1. The maximum atomic E-state index is 12.2. The quantitative estimate of drug-likeness (QED) is 0.395. The second-order valence-corrected chi connectivity index (χ2v) is 7.94. The Morgan fingerprint density at radius 1 is 1.19 bits per heavy atom. The fourth-order valence-corrected chi connectivity index (χ4v) is 2.86. The highest BCUT2D eigenvalue weighted by Crippen LogP contribution is 2.36. The Bertz CT molecular complexity index is 1110. The highest BCUT2D eigenvalue weighted by molar-refractivity contribution is 5.99. The number of carbonyl (C=O) groups excluding carboxylic acids is 1. The number of aromatic hydroxyl groups is 1. The van der Waals surface area contributed by atoms with Crippen LogP contribution < -0.4 is 26.0 Å². The molecule has 0 unspecified atom stereocenters. The molecule has 0 saturated carbocycles. The van der Waals surface area contributed by atoms with Gasteiger partial charge in [-0.2, -0.15) is 0 Å². The van der Waals surface area contributed by atoms with E-state index in [9.17, 15) is 9.90 Å². The summed E-state index contributed by atoms with van der Waals surface area (Å²) in [6.07, 6.45) is 1.40. The lowest BCUT2D eigenvalue weighted by molar-refractivity contribution is 0.262. The third-order valence-electron chi connectivity index (χ3n) is 4.44. The number of rotatable bonds is 4. The smallest absolute Gasteiger partial charge is 0.324 e. The van der Waals surface area contributed by atoms with Gasteiger partial charge >= 0.3 is 6.03 Å². The van der Waals surface area contributed by atoms with E-state index in [-0.39, 0.29) is 11.2 Å². The first-order chi connectivity index (χ1) is 14.8. The molecule has 0 radical (unpaired) electrons. The standard InChI is InChI=1S/C20H23N7O4/c1-20(2,3)14-9-15(27-31-14)26-19(29)24-11-4-5-12(13(28)8-11)25-18-16-17(22-10-23-18)21-6-7-30-16/h4-5,8-10,28H,6-7H2,1-3H3,(H2,21,22,23,25)(H2,24,26,27,29). The number of urea groups is 1. The first-order valence-corrected chi connectivity index (χ1v) is 9.66. The van der Waals surface area contributed by atoms with Crippen molar-refractivity contribution in [3.05, 3.63) is 36.4 Å². The van der Waals surface area contributed by atoms with E-state index in [0.717, 1.165) is 0 Å². The average Bonchev–Trinajstić information content (AvgIpc) is 3.19. The van der Waals surface area contributed by atoms with Crippen molar-refractivity contribution in [1.29, 1.82) is 0 Å². The van der Waals surface area contributed by atoms with Crippen molar-refractivity contribution in [3.8, 4) is 11.5 Å². The molecule has 0 spiro atoms. The number of hydrogen-bond acceptors (Lipinski definition) is 9. The molecular weight excluding hydrogens is 402 g/mol. The zero-order chi connectivity index (χ0) is 22.0. The zero-order valence-electron chi connectivity index (χ0n) is 17.3. The molecule has 0 saturated heterocycles. The van der Waals surface area contributed by atoms with Crippen LogP contribution in [0.15, 0.2) is 35.1 Å². The first kappa shape index (κ1) is 20.3. The van der Waals surface area contributed by atoms with E-state index in [2.05, 4.69) is 36.4 Å². The van der Waals surface area contributed by atoms with E-state index >= 15 is 0 Å². The van der Waals surface area contributed by atoms with Crippen LogP contribution in [0.3, 0.4) is 0 Å². The molecule has 0 atom stereocenters. The lowest BCUT2D eigenvalue weighted by Crippen LogP contribution is -2.20. The molecule has 2 amide bonds. The van der Waals surface area contributed by atoms with E-state index < -0.39 is 6.03 Å². The minimum Gasteiger partial charge on any atom is -0.506 e. The monoisotopic (exact) mass is 425 g/mol. The number of hydrogen-bond donors (Lipinski definition) is 5. The Kier molecular flexibility index (Phi) is 5.24. The minimum absolute atomic E-state index is 0.0783. The SMILES string of the molecule is CC(C)(C)c1cc(NC(=O)Nc2ccc(Nc3ncnc4c3OCCN4)c(O)c2)no1. The van der Waals surface area contributed by atoms with E-state index in [4.69, 9.17) is 9.26 Å². The number of phenolic OH excluding ortho intramolecular Hbond substituents is 1. The second kappa shape index (κ2) is 8.01. The van der Waals surface area contributed by atoms with Gasteiger partial charge in [-0.1, -0.05) is 25.9 Å². The van der Waals surface area contributed by atoms with Crippen LogP contribution >= 0.6 is 0 Å². The summed E-state index contributed by atoms with van der Waals surface area (Å²) in [5, 5.41) is 25.6. The van der Waals surface area contributed by atoms with Crippen molar-refractivity contribution in [1.82, 2.24) is 15.1 Å². The van der Waals surface area contributed by atoms with E-state index in [1.165, 1.54) is 12.4 Å². The molecule has 31 heavy (non-hydrogen) atoms. The number of phenols is 1. The summed E-state index contributed by atoms with van der Waals surface area (Å²) in [7, 11) is 0. The van der Waals surface area contributed by atoms with E-state index in [0.29, 0.717) is 53.5 Å².